The normalized spacial score (nSPS) is 28.0. The number of carbonyl (C=O) groups excluding carboxylic acids is 1. The summed E-state index contributed by atoms with van der Waals surface area (Å²) in [5, 5.41) is 2.81. The molecule has 2 fully saturated rings. The lowest BCUT2D eigenvalue weighted by molar-refractivity contribution is -0.122. The van der Waals surface area contributed by atoms with Crippen molar-refractivity contribution in [2.45, 2.75) is 18.6 Å². The van der Waals surface area contributed by atoms with E-state index in [2.05, 4.69) is 10.3 Å². The zero-order chi connectivity index (χ0) is 16.6. The van der Waals surface area contributed by atoms with Crippen LogP contribution in [0.2, 0.25) is 0 Å². The first-order chi connectivity index (χ1) is 10.9. The van der Waals surface area contributed by atoms with E-state index in [0.717, 1.165) is 0 Å². The number of ether oxygens (including phenoxy) is 1. The Morgan fingerprint density at radius 1 is 1.43 bits per heavy atom. The number of morpholine rings is 1. The maximum Gasteiger partial charge on any atom is 0.281 e. The molecule has 3 rings (SSSR count). The summed E-state index contributed by atoms with van der Waals surface area (Å²) >= 11 is 0. The van der Waals surface area contributed by atoms with E-state index >= 15 is 0 Å². The fourth-order valence-corrected chi connectivity index (χ4v) is 4.14. The molecule has 2 aliphatic rings. The molecule has 0 saturated carbocycles. The molecule has 1 amide bonds. The molecule has 2 aliphatic heterocycles. The Kier molecular flexibility index (Phi) is 4.37. The molecule has 1 aromatic rings. The van der Waals surface area contributed by atoms with E-state index in [-0.39, 0.29) is 31.0 Å². The van der Waals surface area contributed by atoms with Crippen LogP contribution in [0.15, 0.2) is 24.5 Å². The fourth-order valence-electron chi connectivity index (χ4n) is 2.99. The second-order valence-electron chi connectivity index (χ2n) is 5.98. The summed E-state index contributed by atoms with van der Waals surface area (Å²) in [6.07, 6.45) is 3.07. The summed E-state index contributed by atoms with van der Waals surface area (Å²) in [5.74, 6) is -0.517. The van der Waals surface area contributed by atoms with E-state index < -0.39 is 16.3 Å². The molecule has 1 aromatic heterocycles. The monoisotopic (exact) mass is 340 g/mol. The highest BCUT2D eigenvalue weighted by atomic mass is 32.2. The minimum atomic E-state index is -3.49. The first kappa shape index (κ1) is 16.3. The number of amides is 1. The Morgan fingerprint density at radius 2 is 2.22 bits per heavy atom. The molecule has 2 saturated heterocycles. The highest BCUT2D eigenvalue weighted by molar-refractivity contribution is 7.86. The minimum Gasteiger partial charge on any atom is -0.371 e. The maximum absolute atomic E-state index is 12.5. The van der Waals surface area contributed by atoms with Gasteiger partial charge in [0.05, 0.1) is 30.0 Å². The number of rotatable bonds is 4. The van der Waals surface area contributed by atoms with Gasteiger partial charge in [0.15, 0.2) is 0 Å². The molecular formula is C14H20N4O4S. The van der Waals surface area contributed by atoms with E-state index in [1.54, 1.807) is 24.5 Å². The quantitative estimate of drug-likeness (QED) is 0.827. The zero-order valence-electron chi connectivity index (χ0n) is 13.0. The highest BCUT2D eigenvalue weighted by Gasteiger charge is 2.47. The molecule has 0 radical (unpaired) electrons. The van der Waals surface area contributed by atoms with Crippen molar-refractivity contribution >= 4 is 21.8 Å². The highest BCUT2D eigenvalue weighted by Crippen LogP contribution is 2.34. The van der Waals surface area contributed by atoms with E-state index in [4.69, 9.17) is 4.74 Å². The molecular weight excluding hydrogens is 320 g/mol. The lowest BCUT2D eigenvalue weighted by atomic mass is 9.99. The van der Waals surface area contributed by atoms with Crippen LogP contribution in [-0.2, 0) is 19.7 Å². The van der Waals surface area contributed by atoms with Crippen LogP contribution >= 0.6 is 0 Å². The average Bonchev–Trinajstić information content (AvgIpc) is 2.82. The number of fused-ring (bicyclic) bond motifs is 2. The zero-order valence-corrected chi connectivity index (χ0v) is 13.9. The van der Waals surface area contributed by atoms with Crippen LogP contribution in [0, 0.1) is 5.92 Å². The molecule has 126 valence electrons. The number of pyridine rings is 1. The maximum atomic E-state index is 12.5. The first-order valence-corrected chi connectivity index (χ1v) is 8.81. The Hall–Kier alpha value is -1.55. The van der Waals surface area contributed by atoms with Gasteiger partial charge in [-0.25, -0.2) is 0 Å². The number of hydrogen-bond donors (Lipinski definition) is 1. The van der Waals surface area contributed by atoms with Crippen LogP contribution in [0.3, 0.4) is 0 Å². The molecule has 23 heavy (non-hydrogen) atoms. The number of nitrogens with one attached hydrogen (secondary N) is 1. The number of nitrogens with zero attached hydrogens (tertiary/aromatic N) is 3. The van der Waals surface area contributed by atoms with Crippen LogP contribution in [-0.4, -0.2) is 67.3 Å². The lowest BCUT2D eigenvalue weighted by Gasteiger charge is -2.33. The molecule has 2 bridgehead atoms. The average molecular weight is 340 g/mol. The lowest BCUT2D eigenvalue weighted by Crippen LogP contribution is -2.50. The van der Waals surface area contributed by atoms with Crippen LogP contribution in [0.5, 0.6) is 0 Å². The Labute approximate surface area is 135 Å². The number of anilines is 1. The molecule has 8 nitrogen and oxygen atoms in total. The summed E-state index contributed by atoms with van der Waals surface area (Å²) in [7, 11) is -0.490. The molecule has 1 N–H and O–H groups in total. The van der Waals surface area contributed by atoms with Gasteiger partial charge in [0.1, 0.15) is 0 Å². The topological polar surface area (TPSA) is 91.8 Å². The van der Waals surface area contributed by atoms with Crippen molar-refractivity contribution in [3.8, 4) is 0 Å². The van der Waals surface area contributed by atoms with Gasteiger partial charge >= 0.3 is 0 Å². The SMILES string of the molecule is CN(C)S(=O)(=O)N1C[C@H]2C[C@H](C(=O)Nc3cccnc3)[C@@H](C1)O2. The van der Waals surface area contributed by atoms with Gasteiger partial charge < -0.3 is 10.1 Å². The third-order valence-corrected chi connectivity index (χ3v) is 6.05. The Balaban J connectivity index is 1.70. The van der Waals surface area contributed by atoms with Crippen molar-refractivity contribution in [3.05, 3.63) is 24.5 Å². The van der Waals surface area contributed by atoms with Crippen molar-refractivity contribution in [2.24, 2.45) is 5.92 Å². The molecule has 9 heteroatoms. The van der Waals surface area contributed by atoms with E-state index in [1.807, 2.05) is 0 Å². The smallest absolute Gasteiger partial charge is 0.281 e. The second-order valence-corrected chi connectivity index (χ2v) is 8.12. The third-order valence-electron chi connectivity index (χ3n) is 4.18. The van der Waals surface area contributed by atoms with Crippen LogP contribution in [0.25, 0.3) is 0 Å². The van der Waals surface area contributed by atoms with Gasteiger partial charge in [0, 0.05) is 33.4 Å². The standard InChI is InChI=1S/C14H20N4O4S/c1-17(2)23(20,21)18-8-11-6-12(13(9-18)22-11)14(19)16-10-4-3-5-15-7-10/h3-5,7,11-13H,6,8-9H2,1-2H3,(H,16,19)/t11-,12+,13-/m1/s1. The minimum absolute atomic E-state index is 0.158. The van der Waals surface area contributed by atoms with Gasteiger partial charge in [-0.15, -0.1) is 0 Å². The van der Waals surface area contributed by atoms with E-state index in [1.165, 1.54) is 22.7 Å². The van der Waals surface area contributed by atoms with Crippen molar-refractivity contribution in [1.29, 1.82) is 0 Å². The van der Waals surface area contributed by atoms with Gasteiger partial charge in [-0.1, -0.05) is 0 Å². The number of carbonyl (C=O) groups is 1. The Morgan fingerprint density at radius 3 is 2.87 bits per heavy atom. The van der Waals surface area contributed by atoms with Crippen molar-refractivity contribution in [2.75, 3.05) is 32.5 Å². The van der Waals surface area contributed by atoms with Gasteiger partial charge in [0.25, 0.3) is 10.2 Å². The van der Waals surface area contributed by atoms with Gasteiger partial charge in [-0.05, 0) is 18.6 Å². The van der Waals surface area contributed by atoms with E-state index in [0.29, 0.717) is 12.1 Å². The van der Waals surface area contributed by atoms with Crippen LogP contribution in [0.4, 0.5) is 5.69 Å². The largest absolute Gasteiger partial charge is 0.371 e. The second kappa shape index (κ2) is 6.16. The summed E-state index contributed by atoms with van der Waals surface area (Å²) < 4.78 is 32.9. The Bertz CT molecular complexity index is 679. The van der Waals surface area contributed by atoms with Crippen molar-refractivity contribution in [3.63, 3.8) is 0 Å². The fraction of sp³-hybridized carbons (Fsp3) is 0.571. The van der Waals surface area contributed by atoms with Crippen LogP contribution in [0.1, 0.15) is 6.42 Å². The van der Waals surface area contributed by atoms with Crippen LogP contribution < -0.4 is 5.32 Å². The molecule has 0 unspecified atom stereocenters. The third kappa shape index (κ3) is 3.23. The summed E-state index contributed by atoms with van der Waals surface area (Å²) in [4.78, 5) is 16.4. The van der Waals surface area contributed by atoms with E-state index in [9.17, 15) is 13.2 Å². The number of aromatic nitrogens is 1. The molecule has 0 spiro atoms. The summed E-state index contributed by atoms with van der Waals surface area (Å²) in [6.45, 7) is 0.482. The summed E-state index contributed by atoms with van der Waals surface area (Å²) in [6, 6.07) is 3.50. The van der Waals surface area contributed by atoms with Crippen molar-refractivity contribution in [1.82, 2.24) is 13.6 Å². The van der Waals surface area contributed by atoms with Crippen molar-refractivity contribution < 1.29 is 17.9 Å². The predicted molar refractivity (Wildman–Crippen MR) is 83.8 cm³/mol. The van der Waals surface area contributed by atoms with Gasteiger partial charge in [-0.2, -0.15) is 17.0 Å². The molecule has 0 aliphatic carbocycles. The number of hydrogen-bond acceptors (Lipinski definition) is 5. The first-order valence-electron chi connectivity index (χ1n) is 7.42. The molecule has 3 heterocycles. The predicted octanol–water partition coefficient (Wildman–Crippen LogP) is -0.0842. The van der Waals surface area contributed by atoms with Gasteiger partial charge in [0.2, 0.25) is 5.91 Å². The molecule has 3 atom stereocenters. The van der Waals surface area contributed by atoms with Gasteiger partial charge in [-0.3, -0.25) is 9.78 Å². The summed E-state index contributed by atoms with van der Waals surface area (Å²) in [5.41, 5.74) is 0.622. The molecule has 0 aromatic carbocycles.